The van der Waals surface area contributed by atoms with Crippen molar-refractivity contribution in [3.8, 4) is 5.75 Å². The standard InChI is InChI=1S/C16H15ClN2O3S2/c1-3-22-12-6-9-14-15(10-12)23-16(19(14)2)18-24(20,21)13-7-4-11(17)5-8-13/h4-10H,3H2,1-2H3/b18-16-. The molecule has 0 N–H and O–H groups in total. The van der Waals surface area contributed by atoms with Crippen LogP contribution in [0.25, 0.3) is 10.2 Å². The van der Waals surface area contributed by atoms with E-state index in [4.69, 9.17) is 16.3 Å². The third-order valence-electron chi connectivity index (χ3n) is 3.40. The second-order valence-electron chi connectivity index (χ2n) is 5.03. The highest BCUT2D eigenvalue weighted by molar-refractivity contribution is 7.90. The van der Waals surface area contributed by atoms with Gasteiger partial charge in [-0.2, -0.15) is 8.42 Å². The van der Waals surface area contributed by atoms with Crippen molar-refractivity contribution in [3.63, 3.8) is 0 Å². The molecule has 24 heavy (non-hydrogen) atoms. The first-order valence-corrected chi connectivity index (χ1v) is 9.83. The minimum Gasteiger partial charge on any atom is -0.494 e. The Hall–Kier alpha value is -1.83. The van der Waals surface area contributed by atoms with Crippen molar-refractivity contribution in [2.24, 2.45) is 11.4 Å². The van der Waals surface area contributed by atoms with Crippen molar-refractivity contribution in [2.75, 3.05) is 6.61 Å². The number of ether oxygens (including phenoxy) is 1. The van der Waals surface area contributed by atoms with E-state index >= 15 is 0 Å². The molecule has 0 unspecified atom stereocenters. The lowest BCUT2D eigenvalue weighted by atomic mass is 10.3. The molecule has 126 valence electrons. The van der Waals surface area contributed by atoms with Gasteiger partial charge in [0.1, 0.15) is 5.75 Å². The lowest BCUT2D eigenvalue weighted by Crippen LogP contribution is -2.13. The Kier molecular flexibility index (Phi) is 4.67. The van der Waals surface area contributed by atoms with Gasteiger partial charge in [-0.3, -0.25) is 0 Å². The molecule has 0 bridgehead atoms. The average molecular weight is 383 g/mol. The number of thiazole rings is 1. The van der Waals surface area contributed by atoms with Gasteiger partial charge in [0.2, 0.25) is 4.80 Å². The fraction of sp³-hybridized carbons (Fsp3) is 0.188. The zero-order valence-corrected chi connectivity index (χ0v) is 15.5. The SMILES string of the molecule is CCOc1ccc2c(c1)s/c(=N\S(=O)(=O)c1ccc(Cl)cc1)n2C. The molecular formula is C16H15ClN2O3S2. The molecule has 0 aliphatic carbocycles. The predicted molar refractivity (Wildman–Crippen MR) is 96.2 cm³/mol. The molecule has 0 fully saturated rings. The molecule has 3 rings (SSSR count). The van der Waals surface area contributed by atoms with Crippen LogP contribution in [0.2, 0.25) is 5.02 Å². The van der Waals surface area contributed by atoms with Crippen molar-refractivity contribution in [1.29, 1.82) is 0 Å². The fourth-order valence-electron chi connectivity index (χ4n) is 2.22. The lowest BCUT2D eigenvalue weighted by Gasteiger charge is -2.02. The Labute approximate surface area is 148 Å². The number of hydrogen-bond donors (Lipinski definition) is 0. The highest BCUT2D eigenvalue weighted by Crippen LogP contribution is 2.23. The van der Waals surface area contributed by atoms with Crippen molar-refractivity contribution in [1.82, 2.24) is 4.57 Å². The van der Waals surface area contributed by atoms with Crippen molar-refractivity contribution < 1.29 is 13.2 Å². The number of hydrogen-bond acceptors (Lipinski definition) is 4. The number of benzene rings is 2. The summed E-state index contributed by atoms with van der Waals surface area (Å²) in [5.74, 6) is 0.749. The topological polar surface area (TPSA) is 60.7 Å². The monoisotopic (exact) mass is 382 g/mol. The van der Waals surface area contributed by atoms with Crippen molar-refractivity contribution >= 4 is 43.2 Å². The maximum absolute atomic E-state index is 12.5. The van der Waals surface area contributed by atoms with E-state index in [1.807, 2.05) is 25.1 Å². The largest absolute Gasteiger partial charge is 0.494 e. The predicted octanol–water partition coefficient (Wildman–Crippen LogP) is 3.58. The summed E-state index contributed by atoms with van der Waals surface area (Å²) in [4.78, 5) is 0.507. The second-order valence-corrected chi connectivity index (χ2v) is 8.08. The Morgan fingerprint density at radius 1 is 1.21 bits per heavy atom. The van der Waals surface area contributed by atoms with Crippen LogP contribution in [0.4, 0.5) is 0 Å². The first-order chi connectivity index (χ1) is 11.4. The molecule has 0 saturated heterocycles. The van der Waals surface area contributed by atoms with E-state index in [0.29, 0.717) is 16.4 Å². The molecule has 0 aliphatic heterocycles. The third kappa shape index (κ3) is 3.33. The van der Waals surface area contributed by atoms with Crippen LogP contribution < -0.4 is 9.54 Å². The van der Waals surface area contributed by atoms with E-state index < -0.39 is 10.0 Å². The molecular weight excluding hydrogens is 368 g/mol. The van der Waals surface area contributed by atoms with Crippen LogP contribution in [0.5, 0.6) is 5.75 Å². The summed E-state index contributed by atoms with van der Waals surface area (Å²) < 4.78 is 37.1. The number of sulfonamides is 1. The quantitative estimate of drug-likeness (QED) is 0.692. The summed E-state index contributed by atoms with van der Waals surface area (Å²) in [5, 5.41) is 0.477. The Morgan fingerprint density at radius 2 is 1.92 bits per heavy atom. The molecule has 1 aromatic heterocycles. The van der Waals surface area contributed by atoms with Gasteiger partial charge in [0, 0.05) is 12.1 Å². The fourth-order valence-corrected chi connectivity index (χ4v) is 4.62. The zero-order chi connectivity index (χ0) is 17.3. The minimum absolute atomic E-state index is 0.111. The lowest BCUT2D eigenvalue weighted by molar-refractivity contribution is 0.341. The van der Waals surface area contributed by atoms with E-state index in [1.165, 1.54) is 35.6 Å². The molecule has 0 spiro atoms. The number of nitrogens with zero attached hydrogens (tertiary/aromatic N) is 2. The van der Waals surface area contributed by atoms with Gasteiger partial charge >= 0.3 is 0 Å². The highest BCUT2D eigenvalue weighted by Gasteiger charge is 2.14. The summed E-state index contributed by atoms with van der Waals surface area (Å²) in [6.45, 7) is 2.49. The van der Waals surface area contributed by atoms with Crippen LogP contribution in [0.3, 0.4) is 0 Å². The molecule has 0 amide bonds. The highest BCUT2D eigenvalue weighted by atomic mass is 35.5. The zero-order valence-electron chi connectivity index (χ0n) is 13.1. The molecule has 1 heterocycles. The van der Waals surface area contributed by atoms with Crippen molar-refractivity contribution in [2.45, 2.75) is 11.8 Å². The van der Waals surface area contributed by atoms with Crippen LogP contribution in [-0.2, 0) is 17.1 Å². The van der Waals surface area contributed by atoms with Crippen LogP contribution in [0.15, 0.2) is 51.8 Å². The van der Waals surface area contributed by atoms with E-state index in [1.54, 1.807) is 11.6 Å². The van der Waals surface area contributed by atoms with Gasteiger partial charge < -0.3 is 9.30 Å². The third-order valence-corrected chi connectivity index (χ3v) is 6.14. The number of aryl methyl sites for hydroxylation is 1. The van der Waals surface area contributed by atoms with Crippen molar-refractivity contribution in [3.05, 3.63) is 52.3 Å². The number of rotatable bonds is 4. The molecule has 3 aromatic rings. The van der Waals surface area contributed by atoms with Crippen LogP contribution in [0, 0.1) is 0 Å². The molecule has 0 atom stereocenters. The maximum Gasteiger partial charge on any atom is 0.285 e. The summed E-state index contributed by atoms with van der Waals surface area (Å²) in [6, 6.07) is 11.6. The minimum atomic E-state index is -3.80. The van der Waals surface area contributed by atoms with E-state index in [2.05, 4.69) is 4.40 Å². The summed E-state index contributed by atoms with van der Waals surface area (Å²) in [5.41, 5.74) is 0.897. The van der Waals surface area contributed by atoms with Crippen LogP contribution >= 0.6 is 22.9 Å². The molecule has 5 nitrogen and oxygen atoms in total. The summed E-state index contributed by atoms with van der Waals surface area (Å²) >= 11 is 7.10. The van der Waals surface area contributed by atoms with E-state index in [9.17, 15) is 8.42 Å². The Bertz CT molecular complexity index is 1050. The maximum atomic E-state index is 12.5. The van der Waals surface area contributed by atoms with Gasteiger partial charge in [-0.15, -0.1) is 4.40 Å². The van der Waals surface area contributed by atoms with Gasteiger partial charge in [-0.1, -0.05) is 22.9 Å². The molecule has 8 heteroatoms. The molecule has 0 radical (unpaired) electrons. The van der Waals surface area contributed by atoms with Gasteiger partial charge in [0.15, 0.2) is 0 Å². The first-order valence-electron chi connectivity index (χ1n) is 7.19. The van der Waals surface area contributed by atoms with Crippen LogP contribution in [0.1, 0.15) is 6.92 Å². The summed E-state index contributed by atoms with van der Waals surface area (Å²) in [6.07, 6.45) is 0. The number of fused-ring (bicyclic) bond motifs is 1. The number of aromatic nitrogens is 1. The number of halogens is 1. The van der Waals surface area contributed by atoms with E-state index in [-0.39, 0.29) is 4.90 Å². The van der Waals surface area contributed by atoms with Crippen LogP contribution in [-0.4, -0.2) is 19.6 Å². The van der Waals surface area contributed by atoms with Gasteiger partial charge in [0.25, 0.3) is 10.0 Å². The average Bonchev–Trinajstić information content (AvgIpc) is 2.83. The molecule has 2 aromatic carbocycles. The van der Waals surface area contributed by atoms with E-state index in [0.717, 1.165) is 16.0 Å². The molecule has 0 aliphatic rings. The van der Waals surface area contributed by atoms with Gasteiger partial charge in [-0.05, 0) is 49.4 Å². The van der Waals surface area contributed by atoms with Gasteiger partial charge in [0.05, 0.1) is 21.7 Å². The first kappa shape index (κ1) is 17.0. The summed E-state index contributed by atoms with van der Waals surface area (Å²) in [7, 11) is -2.01. The smallest absolute Gasteiger partial charge is 0.285 e. The Balaban J connectivity index is 2.12. The second kappa shape index (κ2) is 6.58. The molecule has 0 saturated carbocycles. The van der Waals surface area contributed by atoms with Gasteiger partial charge in [-0.25, -0.2) is 0 Å². The Morgan fingerprint density at radius 3 is 2.58 bits per heavy atom. The normalized spacial score (nSPS) is 12.7.